The summed E-state index contributed by atoms with van der Waals surface area (Å²) in [5.41, 5.74) is 12.6. The van der Waals surface area contributed by atoms with Crippen molar-refractivity contribution >= 4 is 22.4 Å². The number of hydrogen-bond acceptors (Lipinski definition) is 3. The predicted molar refractivity (Wildman–Crippen MR) is 218 cm³/mol. The Kier molecular flexibility index (Phi) is 8.28. The van der Waals surface area contributed by atoms with Crippen molar-refractivity contribution in [2.75, 3.05) is 0 Å². The summed E-state index contributed by atoms with van der Waals surface area (Å²) in [7, 11) is 0. The molecule has 3 nitrogen and oxygen atoms in total. The molecule has 3 heteroatoms. The highest BCUT2D eigenvalue weighted by Crippen LogP contribution is 2.39. The van der Waals surface area contributed by atoms with E-state index in [-0.39, 0.29) is 6.17 Å². The van der Waals surface area contributed by atoms with Gasteiger partial charge in [0.05, 0.1) is 0 Å². The highest BCUT2D eigenvalue weighted by atomic mass is 15.2. The second kappa shape index (κ2) is 13.8. The fourth-order valence-electron chi connectivity index (χ4n) is 7.06. The SMILES string of the molecule is c1ccc(C2=NC(c3ccc(-c4c(-c5ccc(-c6ccccc6)cc5)ccc5ccccc45)cc3)=NC(c3ccc(-c4ccccc4)cc3)N2)cc1. The van der Waals surface area contributed by atoms with Crippen LogP contribution in [0.15, 0.2) is 210 Å². The molecule has 1 atom stereocenters. The number of amidine groups is 2. The van der Waals surface area contributed by atoms with E-state index in [1.54, 1.807) is 0 Å². The normalized spacial score (nSPS) is 14.0. The minimum Gasteiger partial charge on any atom is -0.344 e. The standard InChI is InChI=1S/C49H35N3/c1-4-12-34(13-5-1)36-20-24-39(25-21-36)45-33-32-38-16-10-11-19-44(38)46(45)40-26-30-43(31-27-40)49-51-47(41-17-8-3-9-18-41)50-48(52-49)42-28-22-37(23-29-42)35-14-6-2-7-15-35/h1-33,48H,(H,50,51,52). The molecule has 1 aliphatic heterocycles. The Bertz CT molecular complexity index is 2540. The summed E-state index contributed by atoms with van der Waals surface area (Å²) >= 11 is 0. The van der Waals surface area contributed by atoms with Gasteiger partial charge in [0.15, 0.2) is 5.84 Å². The maximum atomic E-state index is 5.17. The van der Waals surface area contributed by atoms with Crippen molar-refractivity contribution in [3.8, 4) is 44.5 Å². The van der Waals surface area contributed by atoms with Crippen molar-refractivity contribution in [3.05, 3.63) is 217 Å². The first-order valence-corrected chi connectivity index (χ1v) is 17.7. The van der Waals surface area contributed by atoms with Gasteiger partial charge in [-0.3, -0.25) is 0 Å². The molecule has 9 rings (SSSR count). The van der Waals surface area contributed by atoms with Gasteiger partial charge in [-0.15, -0.1) is 0 Å². The Morgan fingerprint density at radius 3 is 1.48 bits per heavy atom. The van der Waals surface area contributed by atoms with E-state index in [0.29, 0.717) is 5.84 Å². The molecule has 0 fully saturated rings. The van der Waals surface area contributed by atoms with Crippen LogP contribution in [0, 0.1) is 0 Å². The van der Waals surface area contributed by atoms with Gasteiger partial charge in [0.25, 0.3) is 0 Å². The molecule has 0 radical (unpaired) electrons. The average molecular weight is 666 g/mol. The quantitative estimate of drug-likeness (QED) is 0.181. The lowest BCUT2D eigenvalue weighted by Gasteiger charge is -2.24. The van der Waals surface area contributed by atoms with Gasteiger partial charge in [0.2, 0.25) is 0 Å². The minimum atomic E-state index is -0.282. The van der Waals surface area contributed by atoms with Gasteiger partial charge in [-0.1, -0.05) is 200 Å². The van der Waals surface area contributed by atoms with Crippen LogP contribution in [0.25, 0.3) is 55.3 Å². The maximum Gasteiger partial charge on any atom is 0.159 e. The van der Waals surface area contributed by atoms with Gasteiger partial charge >= 0.3 is 0 Å². The smallest absolute Gasteiger partial charge is 0.159 e. The molecule has 1 unspecified atom stereocenters. The van der Waals surface area contributed by atoms with Crippen LogP contribution in [-0.2, 0) is 0 Å². The molecule has 0 aliphatic carbocycles. The summed E-state index contributed by atoms with van der Waals surface area (Å²) in [6.07, 6.45) is -0.282. The summed E-state index contributed by atoms with van der Waals surface area (Å²) in [5.74, 6) is 1.51. The third kappa shape index (κ3) is 6.21. The van der Waals surface area contributed by atoms with Crippen LogP contribution >= 0.6 is 0 Å². The third-order valence-electron chi connectivity index (χ3n) is 9.79. The van der Waals surface area contributed by atoms with Crippen LogP contribution in [0.3, 0.4) is 0 Å². The van der Waals surface area contributed by atoms with Gasteiger partial charge in [0, 0.05) is 11.1 Å². The lowest BCUT2D eigenvalue weighted by Crippen LogP contribution is -2.33. The zero-order valence-corrected chi connectivity index (χ0v) is 28.5. The first-order chi connectivity index (χ1) is 25.8. The third-order valence-corrected chi connectivity index (χ3v) is 9.79. The zero-order chi connectivity index (χ0) is 34.7. The van der Waals surface area contributed by atoms with Crippen LogP contribution in [0.2, 0.25) is 0 Å². The van der Waals surface area contributed by atoms with Crippen LogP contribution < -0.4 is 5.32 Å². The minimum absolute atomic E-state index is 0.282. The van der Waals surface area contributed by atoms with Crippen molar-refractivity contribution in [3.63, 3.8) is 0 Å². The molecule has 0 spiro atoms. The molecule has 0 saturated heterocycles. The summed E-state index contributed by atoms with van der Waals surface area (Å²) in [6, 6.07) is 70.7. The Balaban J connectivity index is 1.09. The molecule has 0 bridgehead atoms. The number of nitrogens with zero attached hydrogens (tertiary/aromatic N) is 2. The predicted octanol–water partition coefficient (Wildman–Crippen LogP) is 12.0. The van der Waals surface area contributed by atoms with Crippen molar-refractivity contribution in [2.24, 2.45) is 9.98 Å². The Morgan fingerprint density at radius 1 is 0.365 bits per heavy atom. The Morgan fingerprint density at radius 2 is 0.846 bits per heavy atom. The van der Waals surface area contributed by atoms with Gasteiger partial charge < -0.3 is 5.32 Å². The molecule has 8 aromatic carbocycles. The number of benzene rings is 8. The van der Waals surface area contributed by atoms with Crippen molar-refractivity contribution in [2.45, 2.75) is 6.17 Å². The van der Waals surface area contributed by atoms with E-state index in [0.717, 1.165) is 28.1 Å². The molecule has 0 aromatic heterocycles. The number of hydrogen-bond donors (Lipinski definition) is 1. The molecule has 1 aliphatic rings. The number of aliphatic imine (C=N–C) groups is 2. The second-order valence-corrected chi connectivity index (χ2v) is 13.0. The van der Waals surface area contributed by atoms with Gasteiger partial charge in [-0.05, 0) is 60.8 Å². The van der Waals surface area contributed by atoms with E-state index in [1.165, 1.54) is 49.7 Å². The molecule has 246 valence electrons. The molecular weight excluding hydrogens is 631 g/mol. The van der Waals surface area contributed by atoms with E-state index in [9.17, 15) is 0 Å². The van der Waals surface area contributed by atoms with E-state index in [1.807, 2.05) is 24.3 Å². The van der Waals surface area contributed by atoms with E-state index >= 15 is 0 Å². The molecule has 1 N–H and O–H groups in total. The van der Waals surface area contributed by atoms with Crippen LogP contribution in [-0.4, -0.2) is 11.7 Å². The summed E-state index contributed by atoms with van der Waals surface area (Å²) in [5, 5.41) is 6.04. The van der Waals surface area contributed by atoms with Gasteiger partial charge in [0.1, 0.15) is 12.0 Å². The molecule has 52 heavy (non-hydrogen) atoms. The largest absolute Gasteiger partial charge is 0.344 e. The highest BCUT2D eigenvalue weighted by molar-refractivity contribution is 6.13. The van der Waals surface area contributed by atoms with E-state index < -0.39 is 0 Å². The van der Waals surface area contributed by atoms with Crippen LogP contribution in [0.5, 0.6) is 0 Å². The van der Waals surface area contributed by atoms with Gasteiger partial charge in [-0.2, -0.15) is 0 Å². The summed E-state index contributed by atoms with van der Waals surface area (Å²) < 4.78 is 0. The van der Waals surface area contributed by atoms with E-state index in [2.05, 4.69) is 181 Å². The summed E-state index contributed by atoms with van der Waals surface area (Å²) in [6.45, 7) is 0. The number of fused-ring (bicyclic) bond motifs is 1. The number of nitrogens with one attached hydrogen (secondary N) is 1. The fraction of sp³-hybridized carbons (Fsp3) is 0.0204. The lowest BCUT2D eigenvalue weighted by molar-refractivity contribution is 0.674. The van der Waals surface area contributed by atoms with Gasteiger partial charge in [-0.25, -0.2) is 9.98 Å². The van der Waals surface area contributed by atoms with E-state index in [4.69, 9.17) is 9.98 Å². The molecule has 0 saturated carbocycles. The maximum absolute atomic E-state index is 5.17. The summed E-state index contributed by atoms with van der Waals surface area (Å²) in [4.78, 5) is 10.2. The van der Waals surface area contributed by atoms with Crippen molar-refractivity contribution in [1.29, 1.82) is 0 Å². The molecular formula is C49H35N3. The molecule has 8 aromatic rings. The first-order valence-electron chi connectivity index (χ1n) is 17.7. The highest BCUT2D eigenvalue weighted by Gasteiger charge is 2.21. The van der Waals surface area contributed by atoms with Crippen molar-refractivity contribution < 1.29 is 0 Å². The molecule has 0 amide bonds. The Labute approximate surface area is 304 Å². The second-order valence-electron chi connectivity index (χ2n) is 13.0. The fourth-order valence-corrected chi connectivity index (χ4v) is 7.06. The van der Waals surface area contributed by atoms with Crippen LogP contribution in [0.4, 0.5) is 0 Å². The lowest BCUT2D eigenvalue weighted by atomic mass is 9.89. The first kappa shape index (κ1) is 31.2. The average Bonchev–Trinajstić information content (AvgIpc) is 3.24. The number of rotatable bonds is 7. The Hall–Kier alpha value is -6.84. The monoisotopic (exact) mass is 665 g/mol. The van der Waals surface area contributed by atoms with Crippen molar-refractivity contribution in [1.82, 2.24) is 5.32 Å². The zero-order valence-electron chi connectivity index (χ0n) is 28.5. The molecule has 1 heterocycles. The van der Waals surface area contributed by atoms with Crippen LogP contribution in [0.1, 0.15) is 22.9 Å². The topological polar surface area (TPSA) is 36.8 Å².